The van der Waals surface area contributed by atoms with Crippen LogP contribution in [0.25, 0.3) is 0 Å². The number of nitrogens with one attached hydrogen (secondary N) is 1. The first-order valence-electron chi connectivity index (χ1n) is 11.6. The van der Waals surface area contributed by atoms with Crippen molar-refractivity contribution < 1.29 is 20.1 Å². The number of nitrogens with zero attached hydrogens (tertiary/aromatic N) is 1. The molecule has 1 aromatic rings. The standard InChI is InChI=1S/C23H44N2O6Si2/c1-15-13-25(19(29)24-17(15)27)16-12-23(30,33(10,11)21(5,6)7)22(14-26,31-16)18(28)32(8,9)20(2,3)4/h13,16,18,26,28,30H,12,14H2,1-11H3,(H,24,27,29)/t16-,18?,22-,23-/m1/s1. The molecular formula is C23H44N2O6Si2. The predicted octanol–water partition coefficient (Wildman–Crippen LogP) is 2.68. The van der Waals surface area contributed by atoms with Crippen molar-refractivity contribution in [2.45, 2.75) is 114 Å². The highest BCUT2D eigenvalue weighted by Gasteiger charge is 2.73. The minimum absolute atomic E-state index is 0.0289. The molecule has 33 heavy (non-hydrogen) atoms. The van der Waals surface area contributed by atoms with E-state index in [1.807, 2.05) is 26.2 Å². The highest BCUT2D eigenvalue weighted by molar-refractivity contribution is 6.84. The monoisotopic (exact) mass is 500 g/mol. The van der Waals surface area contributed by atoms with E-state index >= 15 is 0 Å². The lowest BCUT2D eigenvalue weighted by atomic mass is 9.97. The van der Waals surface area contributed by atoms with Gasteiger partial charge in [0.05, 0.1) is 33.7 Å². The number of aromatic amines is 1. The molecule has 4 N–H and O–H groups in total. The second-order valence-electron chi connectivity index (χ2n) is 12.9. The Labute approximate surface area is 199 Å². The van der Waals surface area contributed by atoms with Gasteiger partial charge in [0.15, 0.2) is 0 Å². The van der Waals surface area contributed by atoms with Crippen molar-refractivity contribution in [3.05, 3.63) is 32.6 Å². The van der Waals surface area contributed by atoms with Crippen LogP contribution in [0.2, 0.25) is 36.3 Å². The molecule has 2 heterocycles. The van der Waals surface area contributed by atoms with E-state index in [-0.39, 0.29) is 16.5 Å². The fraction of sp³-hybridized carbons (Fsp3) is 0.826. The Morgan fingerprint density at radius 2 is 1.67 bits per heavy atom. The highest BCUT2D eigenvalue weighted by atomic mass is 28.3. The molecule has 1 unspecified atom stereocenters. The van der Waals surface area contributed by atoms with Gasteiger partial charge >= 0.3 is 5.69 Å². The summed E-state index contributed by atoms with van der Waals surface area (Å²) >= 11 is 0. The largest absolute Gasteiger partial charge is 0.393 e. The van der Waals surface area contributed by atoms with Crippen LogP contribution >= 0.6 is 0 Å². The number of aromatic nitrogens is 2. The minimum Gasteiger partial charge on any atom is -0.393 e. The van der Waals surface area contributed by atoms with E-state index in [1.54, 1.807) is 6.92 Å². The molecule has 0 saturated carbocycles. The summed E-state index contributed by atoms with van der Waals surface area (Å²) in [7, 11) is -5.29. The van der Waals surface area contributed by atoms with Gasteiger partial charge < -0.3 is 20.1 Å². The Morgan fingerprint density at radius 1 is 1.15 bits per heavy atom. The summed E-state index contributed by atoms with van der Waals surface area (Å²) in [5.74, 6) is 0. The molecule has 0 bridgehead atoms. The number of aryl methyl sites for hydroxylation is 1. The molecule has 190 valence electrons. The molecule has 10 heteroatoms. The van der Waals surface area contributed by atoms with Crippen molar-refractivity contribution in [3.63, 3.8) is 0 Å². The summed E-state index contributed by atoms with van der Waals surface area (Å²) < 4.78 is 7.73. The van der Waals surface area contributed by atoms with Crippen LogP contribution in [-0.4, -0.2) is 64.2 Å². The maximum atomic E-state index is 12.7. The van der Waals surface area contributed by atoms with Gasteiger partial charge in [-0.25, -0.2) is 4.79 Å². The maximum Gasteiger partial charge on any atom is 0.330 e. The van der Waals surface area contributed by atoms with Crippen LogP contribution in [0.4, 0.5) is 0 Å². The van der Waals surface area contributed by atoms with E-state index in [4.69, 9.17) is 4.74 Å². The van der Waals surface area contributed by atoms with E-state index in [1.165, 1.54) is 10.8 Å². The molecule has 8 nitrogen and oxygen atoms in total. The Bertz CT molecular complexity index is 1000. The molecule has 4 atom stereocenters. The Balaban J connectivity index is 2.85. The number of aliphatic hydroxyl groups excluding tert-OH is 2. The van der Waals surface area contributed by atoms with Crippen LogP contribution in [-0.2, 0) is 4.74 Å². The van der Waals surface area contributed by atoms with E-state index in [9.17, 15) is 24.9 Å². The zero-order valence-corrected chi connectivity index (χ0v) is 24.2. The average molecular weight is 501 g/mol. The molecule has 0 amide bonds. The van der Waals surface area contributed by atoms with Crippen LogP contribution < -0.4 is 11.2 Å². The predicted molar refractivity (Wildman–Crippen MR) is 136 cm³/mol. The highest BCUT2D eigenvalue weighted by Crippen LogP contribution is 2.58. The van der Waals surface area contributed by atoms with E-state index in [0.717, 1.165) is 0 Å². The molecule has 1 saturated heterocycles. The zero-order valence-electron chi connectivity index (χ0n) is 22.2. The van der Waals surface area contributed by atoms with Crippen molar-refractivity contribution >= 4 is 16.1 Å². The second-order valence-corrected chi connectivity index (χ2v) is 24.0. The first-order valence-corrected chi connectivity index (χ1v) is 17.7. The van der Waals surface area contributed by atoms with E-state index < -0.39 is 56.8 Å². The van der Waals surface area contributed by atoms with Crippen molar-refractivity contribution in [1.29, 1.82) is 0 Å². The minimum atomic E-state index is -2.72. The summed E-state index contributed by atoms with van der Waals surface area (Å²) in [6.07, 6.45) is 0.504. The van der Waals surface area contributed by atoms with Crippen molar-refractivity contribution in [1.82, 2.24) is 9.55 Å². The van der Waals surface area contributed by atoms with Crippen LogP contribution in [0.15, 0.2) is 15.8 Å². The van der Waals surface area contributed by atoms with E-state index in [0.29, 0.717) is 5.56 Å². The van der Waals surface area contributed by atoms with Gasteiger partial charge in [0, 0.05) is 18.2 Å². The molecule has 1 aliphatic heterocycles. The molecule has 1 fully saturated rings. The lowest BCUT2D eigenvalue weighted by Crippen LogP contribution is -2.77. The number of rotatable bonds is 5. The summed E-state index contributed by atoms with van der Waals surface area (Å²) in [6, 6.07) is 0. The van der Waals surface area contributed by atoms with Crippen molar-refractivity contribution in [3.8, 4) is 0 Å². The average Bonchev–Trinajstić information content (AvgIpc) is 2.97. The van der Waals surface area contributed by atoms with Gasteiger partial charge in [-0.1, -0.05) is 67.7 Å². The molecule has 2 rings (SSSR count). The molecule has 0 aromatic carbocycles. The number of ether oxygens (including phenoxy) is 1. The Morgan fingerprint density at radius 3 is 2.09 bits per heavy atom. The van der Waals surface area contributed by atoms with Gasteiger partial charge in [0.25, 0.3) is 5.56 Å². The summed E-state index contributed by atoms with van der Waals surface area (Å²) in [5, 5.41) is 33.3. The molecular weight excluding hydrogens is 456 g/mol. The third kappa shape index (κ3) is 4.06. The second kappa shape index (κ2) is 8.27. The van der Waals surface area contributed by atoms with Crippen LogP contribution in [0.1, 0.15) is 59.8 Å². The van der Waals surface area contributed by atoms with E-state index in [2.05, 4.69) is 46.5 Å². The summed E-state index contributed by atoms with van der Waals surface area (Å²) in [5.41, 5.74) is -3.58. The smallest absolute Gasteiger partial charge is 0.330 e. The SMILES string of the molecule is Cc1cn([C@H]2C[C@@](O)([Si](C)(C)C(C)(C)C)[C@@](CO)(C(O)[Si](C)(C)C(C)(C)C)O2)c(=O)[nH]c1=O. The van der Waals surface area contributed by atoms with Crippen molar-refractivity contribution in [2.24, 2.45) is 0 Å². The fourth-order valence-corrected chi connectivity index (χ4v) is 10.5. The number of H-pyrrole nitrogens is 1. The lowest BCUT2D eigenvalue weighted by Gasteiger charge is -2.58. The third-order valence-corrected chi connectivity index (χ3v) is 21.3. The Kier molecular flexibility index (Phi) is 7.06. The first-order chi connectivity index (χ1) is 14.6. The quantitative estimate of drug-likeness (QED) is 0.461. The van der Waals surface area contributed by atoms with Crippen LogP contribution in [0, 0.1) is 6.92 Å². The van der Waals surface area contributed by atoms with Gasteiger partial charge in [0.2, 0.25) is 0 Å². The third-order valence-electron chi connectivity index (χ3n) is 9.17. The first kappa shape index (κ1) is 28.2. The summed E-state index contributed by atoms with van der Waals surface area (Å²) in [4.78, 5) is 26.9. The molecule has 0 aliphatic carbocycles. The topological polar surface area (TPSA) is 125 Å². The van der Waals surface area contributed by atoms with Gasteiger partial charge in [-0.05, 0) is 17.0 Å². The maximum absolute atomic E-state index is 12.7. The zero-order chi connectivity index (χ0) is 26.0. The van der Waals surface area contributed by atoms with Gasteiger partial charge in [-0.2, -0.15) is 0 Å². The number of hydrogen-bond acceptors (Lipinski definition) is 6. The van der Waals surface area contributed by atoms with Gasteiger partial charge in [-0.3, -0.25) is 14.3 Å². The lowest BCUT2D eigenvalue weighted by molar-refractivity contribution is -0.179. The molecule has 1 aliphatic rings. The van der Waals surface area contributed by atoms with Gasteiger partial charge in [0.1, 0.15) is 11.8 Å². The Hall–Kier alpha value is -1.05. The molecule has 1 aromatic heterocycles. The normalized spacial score (nSPS) is 28.2. The van der Waals surface area contributed by atoms with Crippen molar-refractivity contribution in [2.75, 3.05) is 6.61 Å². The van der Waals surface area contributed by atoms with Crippen LogP contribution in [0.5, 0.6) is 0 Å². The molecule has 0 radical (unpaired) electrons. The summed E-state index contributed by atoms with van der Waals surface area (Å²) in [6.45, 7) is 21.5. The van der Waals surface area contributed by atoms with Gasteiger partial charge in [-0.15, -0.1) is 0 Å². The molecule has 0 spiro atoms. The number of hydrogen-bond donors (Lipinski definition) is 4. The number of aliphatic hydroxyl groups is 3. The fourth-order valence-electron chi connectivity index (χ4n) is 4.71. The van der Waals surface area contributed by atoms with Crippen LogP contribution in [0.3, 0.4) is 0 Å².